The summed E-state index contributed by atoms with van der Waals surface area (Å²) in [6.07, 6.45) is -20.3. The lowest BCUT2D eigenvalue weighted by atomic mass is 9.96. The zero-order valence-corrected chi connectivity index (χ0v) is 11.4. The second-order valence-corrected chi connectivity index (χ2v) is 4.63. The molecule has 1 rings (SSSR count). The lowest BCUT2D eigenvalue weighted by Crippen LogP contribution is -2.70. The minimum Gasteiger partial charge on any atom is -0.357 e. The standard InChI is InChI=1S/C11H7F9N2O2/c1-5-4-6(2-3-7(5)22(23)24)21-8(9(12,13)14,10(15,16)17)11(18,19)20/h2-4,21H,1H3. The van der Waals surface area contributed by atoms with Crippen molar-refractivity contribution in [3.8, 4) is 0 Å². The number of alkyl halides is 9. The van der Waals surface area contributed by atoms with Gasteiger partial charge in [-0.05, 0) is 19.1 Å². The molecule has 0 aromatic heterocycles. The Morgan fingerprint density at radius 2 is 1.33 bits per heavy atom. The number of nitro groups is 1. The third-order valence-electron chi connectivity index (χ3n) is 3.00. The van der Waals surface area contributed by atoms with Gasteiger partial charge in [0, 0.05) is 17.3 Å². The van der Waals surface area contributed by atoms with Crippen LogP contribution in [0.2, 0.25) is 0 Å². The Kier molecular flexibility index (Phi) is 4.71. The van der Waals surface area contributed by atoms with Crippen molar-refractivity contribution in [3.63, 3.8) is 0 Å². The molecule has 13 heteroatoms. The molecule has 0 radical (unpaired) electrons. The Bertz CT molecular complexity index is 598. The number of benzene rings is 1. The van der Waals surface area contributed by atoms with E-state index in [0.717, 1.165) is 6.92 Å². The molecule has 1 N–H and O–H groups in total. The number of nitrogens with one attached hydrogen (secondary N) is 1. The molecule has 24 heavy (non-hydrogen) atoms. The molecule has 0 unspecified atom stereocenters. The normalized spacial score (nSPS) is 13.8. The van der Waals surface area contributed by atoms with Crippen LogP contribution in [0.25, 0.3) is 0 Å². The van der Waals surface area contributed by atoms with Crippen LogP contribution in [0, 0.1) is 17.0 Å². The molecule has 136 valence electrons. The average Bonchev–Trinajstić information content (AvgIpc) is 2.30. The van der Waals surface area contributed by atoms with Gasteiger partial charge >= 0.3 is 24.1 Å². The molecule has 1 aromatic rings. The molecule has 0 heterocycles. The summed E-state index contributed by atoms with van der Waals surface area (Å²) in [5.74, 6) is 0. The highest BCUT2D eigenvalue weighted by Gasteiger charge is 2.84. The highest BCUT2D eigenvalue weighted by Crippen LogP contribution is 2.54. The minimum absolute atomic E-state index is 0.323. The summed E-state index contributed by atoms with van der Waals surface area (Å²) in [5.41, 5.74) is -8.57. The fraction of sp³-hybridized carbons (Fsp3) is 0.455. The van der Waals surface area contributed by atoms with Crippen molar-refractivity contribution in [2.24, 2.45) is 0 Å². The third kappa shape index (κ3) is 3.19. The van der Waals surface area contributed by atoms with Crippen molar-refractivity contribution in [3.05, 3.63) is 33.9 Å². The fourth-order valence-electron chi connectivity index (χ4n) is 1.85. The van der Waals surface area contributed by atoms with Gasteiger partial charge in [-0.2, -0.15) is 39.5 Å². The maximum atomic E-state index is 12.8. The van der Waals surface area contributed by atoms with E-state index in [-0.39, 0.29) is 0 Å². The van der Waals surface area contributed by atoms with Crippen LogP contribution >= 0.6 is 0 Å². The van der Waals surface area contributed by atoms with E-state index >= 15 is 0 Å². The van der Waals surface area contributed by atoms with E-state index in [1.165, 1.54) is 0 Å². The van der Waals surface area contributed by atoms with Crippen molar-refractivity contribution < 1.29 is 44.4 Å². The number of hydrogen-bond acceptors (Lipinski definition) is 3. The number of halogens is 9. The van der Waals surface area contributed by atoms with Gasteiger partial charge in [0.15, 0.2) is 0 Å². The second kappa shape index (κ2) is 5.70. The molecular weight excluding hydrogens is 363 g/mol. The first-order chi connectivity index (χ1) is 10.5. The van der Waals surface area contributed by atoms with Crippen molar-refractivity contribution >= 4 is 11.4 Å². The molecule has 0 saturated carbocycles. The third-order valence-corrected chi connectivity index (χ3v) is 3.00. The van der Waals surface area contributed by atoms with E-state index in [9.17, 15) is 49.6 Å². The van der Waals surface area contributed by atoms with E-state index in [1.54, 1.807) is 0 Å². The number of rotatable bonds is 3. The van der Waals surface area contributed by atoms with Gasteiger partial charge in [-0.25, -0.2) is 0 Å². The number of hydrogen-bond donors (Lipinski definition) is 1. The van der Waals surface area contributed by atoms with Gasteiger partial charge in [0.2, 0.25) is 0 Å². The molecule has 0 spiro atoms. The SMILES string of the molecule is Cc1cc(NC(C(F)(F)F)(C(F)(F)F)C(F)(F)F)ccc1[N+](=O)[O-]. The van der Waals surface area contributed by atoms with Crippen LogP contribution in [0.15, 0.2) is 18.2 Å². The quantitative estimate of drug-likeness (QED) is 0.475. The Labute approximate surface area is 127 Å². The summed E-state index contributed by atoms with van der Waals surface area (Å²) in [6.45, 7) is 0.944. The maximum absolute atomic E-state index is 12.8. The number of nitrogens with zero attached hydrogens (tertiary/aromatic N) is 1. The summed E-state index contributed by atoms with van der Waals surface area (Å²) < 4.78 is 115. The van der Waals surface area contributed by atoms with Gasteiger partial charge in [0.05, 0.1) is 4.92 Å². The molecule has 0 fully saturated rings. The monoisotopic (exact) mass is 370 g/mol. The minimum atomic E-state index is -6.78. The molecule has 0 bridgehead atoms. The number of anilines is 1. The highest BCUT2D eigenvalue weighted by molar-refractivity contribution is 5.56. The maximum Gasteiger partial charge on any atom is 0.429 e. The van der Waals surface area contributed by atoms with Gasteiger partial charge in [0.1, 0.15) is 0 Å². The smallest absolute Gasteiger partial charge is 0.357 e. The summed E-state index contributed by atoms with van der Waals surface area (Å²) in [4.78, 5) is 9.54. The molecule has 1 aromatic carbocycles. The first-order valence-corrected chi connectivity index (χ1v) is 5.78. The van der Waals surface area contributed by atoms with Gasteiger partial charge in [0.25, 0.3) is 5.69 Å². The van der Waals surface area contributed by atoms with Gasteiger partial charge < -0.3 is 5.32 Å². The summed E-state index contributed by atoms with van der Waals surface area (Å²) in [5, 5.41) is 11.0. The van der Waals surface area contributed by atoms with Gasteiger partial charge in [-0.15, -0.1) is 0 Å². The average molecular weight is 370 g/mol. The van der Waals surface area contributed by atoms with Crippen molar-refractivity contribution in [2.45, 2.75) is 31.0 Å². The molecule has 0 saturated heterocycles. The highest BCUT2D eigenvalue weighted by atomic mass is 19.4. The van der Waals surface area contributed by atoms with Gasteiger partial charge in [-0.1, -0.05) is 0 Å². The molecule has 4 nitrogen and oxygen atoms in total. The zero-order valence-electron chi connectivity index (χ0n) is 11.4. The Morgan fingerprint density at radius 3 is 1.62 bits per heavy atom. The number of aryl methyl sites for hydroxylation is 1. The van der Waals surface area contributed by atoms with Crippen LogP contribution < -0.4 is 5.32 Å². The molecule has 0 amide bonds. The van der Waals surface area contributed by atoms with Crippen LogP contribution in [0.5, 0.6) is 0 Å². The first-order valence-electron chi connectivity index (χ1n) is 5.78. The predicted octanol–water partition coefficient (Wildman–Crippen LogP) is 4.74. The summed E-state index contributed by atoms with van der Waals surface area (Å²) >= 11 is 0. The van der Waals surface area contributed by atoms with E-state index in [1.807, 2.05) is 0 Å². The summed E-state index contributed by atoms with van der Waals surface area (Å²) in [6, 6.07) is 1.20. The van der Waals surface area contributed by atoms with Crippen LogP contribution in [0.3, 0.4) is 0 Å². The second-order valence-electron chi connectivity index (χ2n) is 4.63. The van der Waals surface area contributed by atoms with Crippen molar-refractivity contribution in [1.29, 1.82) is 0 Å². The summed E-state index contributed by atoms with van der Waals surface area (Å²) in [7, 11) is 0. The lowest BCUT2D eigenvalue weighted by Gasteiger charge is -2.39. The van der Waals surface area contributed by atoms with E-state index in [2.05, 4.69) is 0 Å². The van der Waals surface area contributed by atoms with E-state index < -0.39 is 45.9 Å². The fourth-order valence-corrected chi connectivity index (χ4v) is 1.85. The molecule has 0 aliphatic carbocycles. The predicted molar refractivity (Wildman–Crippen MR) is 62.4 cm³/mol. The number of nitro benzene ring substituents is 1. The molecule has 0 aliphatic heterocycles. The Hall–Kier alpha value is -2.21. The Morgan fingerprint density at radius 1 is 0.917 bits per heavy atom. The van der Waals surface area contributed by atoms with Crippen LogP contribution in [0.1, 0.15) is 5.56 Å². The van der Waals surface area contributed by atoms with Gasteiger partial charge in [-0.3, -0.25) is 10.1 Å². The van der Waals surface area contributed by atoms with Crippen molar-refractivity contribution in [1.82, 2.24) is 0 Å². The van der Waals surface area contributed by atoms with Crippen LogP contribution in [-0.2, 0) is 0 Å². The zero-order chi connectivity index (χ0) is 19.1. The first kappa shape index (κ1) is 19.8. The van der Waals surface area contributed by atoms with Crippen molar-refractivity contribution in [2.75, 3.05) is 5.32 Å². The van der Waals surface area contributed by atoms with E-state index in [0.29, 0.717) is 23.5 Å². The topological polar surface area (TPSA) is 55.2 Å². The van der Waals surface area contributed by atoms with Crippen LogP contribution in [0.4, 0.5) is 50.9 Å². The van der Waals surface area contributed by atoms with Crippen LogP contribution in [-0.4, -0.2) is 29.0 Å². The Balaban J connectivity index is 3.55. The molecule has 0 atom stereocenters. The van der Waals surface area contributed by atoms with E-state index in [4.69, 9.17) is 0 Å². The molecular formula is C11H7F9N2O2. The largest absolute Gasteiger partial charge is 0.429 e. The lowest BCUT2D eigenvalue weighted by molar-refractivity contribution is -0.385. The molecule has 0 aliphatic rings.